The highest BCUT2D eigenvalue weighted by Gasteiger charge is 2.22. The van der Waals surface area contributed by atoms with Gasteiger partial charge in [0.25, 0.3) is 5.91 Å². The molecule has 0 saturated heterocycles. The number of amides is 1. The lowest BCUT2D eigenvalue weighted by Crippen LogP contribution is -2.12. The third kappa shape index (κ3) is 3.52. The van der Waals surface area contributed by atoms with Gasteiger partial charge in [0, 0.05) is 32.9 Å². The Bertz CT molecular complexity index is 1610. The van der Waals surface area contributed by atoms with Gasteiger partial charge in [-0.05, 0) is 60.5 Å². The SMILES string of the molecule is Cc1ccc(-c2ccc3c(C(=O)Nc4ccc5[nH]ccc5c4)c(-c4ccco4)sc3c2)cc1. The zero-order valence-corrected chi connectivity index (χ0v) is 18.7. The molecule has 33 heavy (non-hydrogen) atoms. The molecule has 3 aromatic carbocycles. The summed E-state index contributed by atoms with van der Waals surface area (Å²) in [7, 11) is 0. The Morgan fingerprint density at radius 1 is 0.939 bits per heavy atom. The highest BCUT2D eigenvalue weighted by molar-refractivity contribution is 7.22. The maximum atomic E-state index is 13.5. The number of thiophene rings is 1. The van der Waals surface area contributed by atoms with E-state index in [0.29, 0.717) is 11.3 Å². The van der Waals surface area contributed by atoms with Gasteiger partial charge in [0.05, 0.1) is 16.7 Å². The molecule has 2 N–H and O–H groups in total. The topological polar surface area (TPSA) is 58.0 Å². The van der Waals surface area contributed by atoms with E-state index in [9.17, 15) is 4.79 Å². The Labute approximate surface area is 194 Å². The molecule has 0 aliphatic rings. The third-order valence-corrected chi connectivity index (χ3v) is 7.03. The van der Waals surface area contributed by atoms with Crippen LogP contribution in [0.15, 0.2) is 95.7 Å². The van der Waals surface area contributed by atoms with Crippen LogP contribution in [0.5, 0.6) is 0 Å². The smallest absolute Gasteiger partial charge is 0.257 e. The Hall–Kier alpha value is -4.09. The number of hydrogen-bond acceptors (Lipinski definition) is 3. The molecular formula is C28H20N2O2S. The number of aromatic amines is 1. The van der Waals surface area contributed by atoms with Crippen LogP contribution in [0, 0.1) is 6.92 Å². The predicted octanol–water partition coefficient (Wildman–Crippen LogP) is 7.87. The molecular weight excluding hydrogens is 428 g/mol. The van der Waals surface area contributed by atoms with E-state index in [1.807, 2.05) is 48.7 Å². The van der Waals surface area contributed by atoms with Crippen LogP contribution in [0.3, 0.4) is 0 Å². The highest BCUT2D eigenvalue weighted by Crippen LogP contribution is 2.41. The van der Waals surface area contributed by atoms with E-state index < -0.39 is 0 Å². The average Bonchev–Trinajstić information content (AvgIpc) is 3.57. The fourth-order valence-corrected chi connectivity index (χ4v) is 5.36. The molecule has 3 heterocycles. The van der Waals surface area contributed by atoms with Crippen molar-refractivity contribution < 1.29 is 9.21 Å². The van der Waals surface area contributed by atoms with E-state index in [2.05, 4.69) is 53.6 Å². The molecule has 3 aromatic heterocycles. The van der Waals surface area contributed by atoms with Crippen LogP contribution in [0.4, 0.5) is 5.69 Å². The zero-order valence-electron chi connectivity index (χ0n) is 17.9. The van der Waals surface area contributed by atoms with Crippen molar-refractivity contribution in [3.05, 3.63) is 102 Å². The lowest BCUT2D eigenvalue weighted by atomic mass is 10.0. The van der Waals surface area contributed by atoms with E-state index in [0.717, 1.165) is 42.7 Å². The first-order valence-electron chi connectivity index (χ1n) is 10.7. The van der Waals surface area contributed by atoms with Crippen molar-refractivity contribution in [2.75, 3.05) is 5.32 Å². The van der Waals surface area contributed by atoms with Crippen molar-refractivity contribution >= 4 is 43.9 Å². The minimum atomic E-state index is -0.148. The number of hydrogen-bond donors (Lipinski definition) is 2. The molecule has 0 aliphatic carbocycles. The first-order valence-corrected chi connectivity index (χ1v) is 11.5. The summed E-state index contributed by atoms with van der Waals surface area (Å²) in [5.41, 5.74) is 5.94. The second-order valence-corrected chi connectivity index (χ2v) is 9.15. The summed E-state index contributed by atoms with van der Waals surface area (Å²) in [6.07, 6.45) is 3.53. The first kappa shape index (κ1) is 19.6. The number of fused-ring (bicyclic) bond motifs is 2. The quantitative estimate of drug-likeness (QED) is 0.288. The first-order chi connectivity index (χ1) is 16.2. The summed E-state index contributed by atoms with van der Waals surface area (Å²) >= 11 is 1.58. The summed E-state index contributed by atoms with van der Waals surface area (Å²) in [6.45, 7) is 2.08. The summed E-state index contributed by atoms with van der Waals surface area (Å²) < 4.78 is 6.74. The molecule has 6 aromatic rings. The van der Waals surface area contributed by atoms with Gasteiger partial charge in [-0.25, -0.2) is 0 Å². The molecule has 5 heteroatoms. The molecule has 0 fully saturated rings. The summed E-state index contributed by atoms with van der Waals surface area (Å²) in [4.78, 5) is 17.5. The highest BCUT2D eigenvalue weighted by atomic mass is 32.1. The van der Waals surface area contributed by atoms with Crippen LogP contribution in [0.1, 0.15) is 15.9 Å². The van der Waals surface area contributed by atoms with Crippen molar-refractivity contribution in [3.63, 3.8) is 0 Å². The van der Waals surface area contributed by atoms with E-state index in [1.54, 1.807) is 17.6 Å². The zero-order chi connectivity index (χ0) is 22.4. The Kier molecular flexibility index (Phi) is 4.63. The molecule has 0 spiro atoms. The average molecular weight is 449 g/mol. The van der Waals surface area contributed by atoms with Crippen LogP contribution in [0.2, 0.25) is 0 Å². The van der Waals surface area contributed by atoms with E-state index in [1.165, 1.54) is 5.56 Å². The Morgan fingerprint density at radius 2 is 1.79 bits per heavy atom. The normalized spacial score (nSPS) is 11.3. The van der Waals surface area contributed by atoms with Gasteiger partial charge in [-0.3, -0.25) is 4.79 Å². The fourth-order valence-electron chi connectivity index (χ4n) is 4.15. The predicted molar refractivity (Wildman–Crippen MR) is 136 cm³/mol. The van der Waals surface area contributed by atoms with Gasteiger partial charge in [0.2, 0.25) is 0 Å². The van der Waals surface area contributed by atoms with Crippen molar-refractivity contribution in [2.24, 2.45) is 0 Å². The van der Waals surface area contributed by atoms with Crippen molar-refractivity contribution in [3.8, 4) is 21.8 Å². The number of carbonyl (C=O) groups excluding carboxylic acids is 1. The molecule has 0 saturated carbocycles. The molecule has 0 radical (unpaired) electrons. The number of H-pyrrole nitrogens is 1. The summed E-state index contributed by atoms with van der Waals surface area (Å²) in [5, 5.41) is 5.06. The second-order valence-electron chi connectivity index (χ2n) is 8.09. The van der Waals surface area contributed by atoms with Gasteiger partial charge < -0.3 is 14.7 Å². The second kappa shape index (κ2) is 7.80. The van der Waals surface area contributed by atoms with Gasteiger partial charge in [-0.2, -0.15) is 0 Å². The number of aryl methyl sites for hydroxylation is 1. The molecule has 1 amide bonds. The molecule has 0 aliphatic heterocycles. The minimum Gasteiger partial charge on any atom is -0.463 e. The number of rotatable bonds is 4. The van der Waals surface area contributed by atoms with Crippen LogP contribution in [0.25, 0.3) is 42.8 Å². The molecule has 0 atom stereocenters. The molecule has 0 bridgehead atoms. The van der Waals surface area contributed by atoms with Gasteiger partial charge in [-0.1, -0.05) is 42.0 Å². The number of nitrogens with one attached hydrogen (secondary N) is 2. The van der Waals surface area contributed by atoms with Crippen molar-refractivity contribution in [2.45, 2.75) is 6.92 Å². The maximum Gasteiger partial charge on any atom is 0.257 e. The Morgan fingerprint density at radius 3 is 2.61 bits per heavy atom. The molecule has 6 rings (SSSR count). The lowest BCUT2D eigenvalue weighted by molar-refractivity contribution is 0.102. The van der Waals surface area contributed by atoms with Crippen LogP contribution < -0.4 is 5.32 Å². The van der Waals surface area contributed by atoms with Gasteiger partial charge in [-0.15, -0.1) is 11.3 Å². The third-order valence-electron chi connectivity index (χ3n) is 5.86. The van der Waals surface area contributed by atoms with Gasteiger partial charge >= 0.3 is 0 Å². The number of aromatic nitrogens is 1. The fraction of sp³-hybridized carbons (Fsp3) is 0.0357. The number of furan rings is 1. The maximum absolute atomic E-state index is 13.5. The van der Waals surface area contributed by atoms with Gasteiger partial charge in [0.1, 0.15) is 5.76 Å². The number of anilines is 1. The standard InChI is InChI=1S/C28H20N2O2S/c1-17-4-6-18(7-5-17)19-8-10-22-25(16-19)33-27(24-3-2-14-32-24)26(22)28(31)30-21-9-11-23-20(15-21)12-13-29-23/h2-16,29H,1H3,(H,30,31). The van der Waals surface area contributed by atoms with E-state index in [4.69, 9.17) is 4.42 Å². The largest absolute Gasteiger partial charge is 0.463 e. The molecule has 160 valence electrons. The Balaban J connectivity index is 1.45. The van der Waals surface area contributed by atoms with Crippen molar-refractivity contribution in [1.29, 1.82) is 0 Å². The molecule has 0 unspecified atom stereocenters. The minimum absolute atomic E-state index is 0.148. The van der Waals surface area contributed by atoms with Gasteiger partial charge in [0.15, 0.2) is 0 Å². The summed E-state index contributed by atoms with van der Waals surface area (Å²) in [5.74, 6) is 0.546. The summed E-state index contributed by atoms with van der Waals surface area (Å²) in [6, 6.07) is 26.3. The number of carbonyl (C=O) groups is 1. The van der Waals surface area contributed by atoms with Crippen molar-refractivity contribution in [1.82, 2.24) is 4.98 Å². The van der Waals surface area contributed by atoms with Crippen LogP contribution in [-0.2, 0) is 0 Å². The van der Waals surface area contributed by atoms with E-state index >= 15 is 0 Å². The lowest BCUT2D eigenvalue weighted by Gasteiger charge is -2.07. The van der Waals surface area contributed by atoms with Crippen LogP contribution >= 0.6 is 11.3 Å². The monoisotopic (exact) mass is 448 g/mol. The van der Waals surface area contributed by atoms with E-state index in [-0.39, 0.29) is 5.91 Å². The van der Waals surface area contributed by atoms with Crippen LogP contribution in [-0.4, -0.2) is 10.9 Å². The number of benzene rings is 3. The molecule has 4 nitrogen and oxygen atoms in total.